The van der Waals surface area contributed by atoms with Gasteiger partial charge in [-0.1, -0.05) is 36.0 Å². The zero-order valence-corrected chi connectivity index (χ0v) is 14.7. The third-order valence-corrected chi connectivity index (χ3v) is 5.46. The van der Waals surface area contributed by atoms with E-state index in [-0.39, 0.29) is 11.8 Å². The van der Waals surface area contributed by atoms with Gasteiger partial charge < -0.3 is 14.8 Å². The van der Waals surface area contributed by atoms with Gasteiger partial charge in [0.15, 0.2) is 0 Å². The van der Waals surface area contributed by atoms with E-state index in [1.165, 1.54) is 62.8 Å². The first-order valence-corrected chi connectivity index (χ1v) is 10.0. The maximum absolute atomic E-state index is 12.4. The Morgan fingerprint density at radius 2 is 1.84 bits per heavy atom. The maximum Gasteiger partial charge on any atom is 0.488 e. The van der Waals surface area contributed by atoms with Crippen molar-refractivity contribution in [2.24, 2.45) is 17.8 Å². The molecule has 2 saturated carbocycles. The molecule has 1 aromatic carbocycles. The Morgan fingerprint density at radius 3 is 2.48 bits per heavy atom. The van der Waals surface area contributed by atoms with E-state index in [0.717, 1.165) is 11.8 Å². The molecule has 0 aliphatic heterocycles. The Kier molecular flexibility index (Phi) is 5.46. The number of halogens is 1. The van der Waals surface area contributed by atoms with Gasteiger partial charge in [0, 0.05) is 12.2 Å². The van der Waals surface area contributed by atoms with E-state index in [4.69, 9.17) is 0 Å². The van der Waals surface area contributed by atoms with Crippen LogP contribution >= 0.6 is 0 Å². The summed E-state index contributed by atoms with van der Waals surface area (Å²) in [6.45, 7) is 0.675. The van der Waals surface area contributed by atoms with Crippen LogP contribution in [0, 0.1) is 17.8 Å². The van der Waals surface area contributed by atoms with Crippen LogP contribution in [-0.2, 0) is 10.5 Å². The van der Waals surface area contributed by atoms with Gasteiger partial charge in [0.1, 0.15) is 5.75 Å². The monoisotopic (exact) mass is 370 g/mol. The van der Waals surface area contributed by atoms with Crippen molar-refractivity contribution in [3.05, 3.63) is 24.3 Å². The number of hydrogen-bond acceptors (Lipinski definition) is 4. The van der Waals surface area contributed by atoms with Crippen LogP contribution in [0.5, 0.6) is 5.75 Å². The quantitative estimate of drug-likeness (QED) is 0.749. The second-order valence-electron chi connectivity index (χ2n) is 6.89. The van der Waals surface area contributed by atoms with Crippen molar-refractivity contribution >= 4 is 22.2 Å². The number of amides is 2. The van der Waals surface area contributed by atoms with E-state index in [1.54, 1.807) is 0 Å². The van der Waals surface area contributed by atoms with Gasteiger partial charge in [-0.2, -0.15) is 8.42 Å². The molecule has 1 aromatic rings. The minimum atomic E-state index is -5.04. The minimum absolute atomic E-state index is 0.151. The Hall–Kier alpha value is -1.83. The number of anilines is 1. The number of urea groups is 1. The Balaban J connectivity index is 1.39. The lowest BCUT2D eigenvalue weighted by Crippen LogP contribution is -2.31. The second-order valence-corrected chi connectivity index (χ2v) is 7.85. The van der Waals surface area contributed by atoms with Crippen LogP contribution in [0.25, 0.3) is 0 Å². The molecule has 0 unspecified atom stereocenters. The summed E-state index contributed by atoms with van der Waals surface area (Å²) in [5.41, 5.74) is 0.473. The largest absolute Gasteiger partial charge is 0.488 e. The van der Waals surface area contributed by atoms with Gasteiger partial charge in [-0.25, -0.2) is 4.79 Å². The van der Waals surface area contributed by atoms with Crippen LogP contribution in [0.1, 0.15) is 38.5 Å². The first-order chi connectivity index (χ1) is 11.9. The molecule has 25 heavy (non-hydrogen) atoms. The van der Waals surface area contributed by atoms with Gasteiger partial charge in [-0.05, 0) is 48.4 Å². The normalized spacial score (nSPS) is 23.7. The summed E-state index contributed by atoms with van der Waals surface area (Å²) < 4.78 is 37.3. The number of hydrogen-bond donors (Lipinski definition) is 2. The van der Waals surface area contributed by atoms with Crippen LogP contribution in [0.3, 0.4) is 0 Å². The molecular formula is C17H23FN2O4S. The van der Waals surface area contributed by atoms with Crippen molar-refractivity contribution in [3.63, 3.8) is 0 Å². The molecule has 0 saturated heterocycles. The van der Waals surface area contributed by atoms with Crippen molar-refractivity contribution in [2.45, 2.75) is 38.5 Å². The highest BCUT2D eigenvalue weighted by Crippen LogP contribution is 2.48. The molecule has 2 aliphatic carbocycles. The van der Waals surface area contributed by atoms with Gasteiger partial charge in [-0.15, -0.1) is 0 Å². The van der Waals surface area contributed by atoms with Crippen molar-refractivity contribution in [1.29, 1.82) is 0 Å². The van der Waals surface area contributed by atoms with E-state index < -0.39 is 10.5 Å². The summed E-state index contributed by atoms with van der Waals surface area (Å²) in [4.78, 5) is 11.9. The molecule has 0 heterocycles. The second kappa shape index (κ2) is 7.59. The molecule has 3 rings (SSSR count). The predicted octanol–water partition coefficient (Wildman–Crippen LogP) is 3.62. The fourth-order valence-electron chi connectivity index (χ4n) is 3.75. The maximum atomic E-state index is 12.4. The summed E-state index contributed by atoms with van der Waals surface area (Å²) in [5.74, 6) is 2.03. The van der Waals surface area contributed by atoms with Gasteiger partial charge in [-0.3, -0.25) is 0 Å². The van der Waals surface area contributed by atoms with Crippen LogP contribution in [0.15, 0.2) is 24.3 Å². The highest BCUT2D eigenvalue weighted by Gasteiger charge is 2.42. The standard InChI is InChI=1S/C17H23FN2O4S/c18-25(22,23)24-15-8-6-14(7-9-15)20-17(21)19-11-13-10-16(13)12-4-2-1-3-5-12/h6-9,12-13,16H,1-5,10-11H2,(H2,19,20,21)/t13-,16-/m0/s1. The molecule has 2 amide bonds. The first kappa shape index (κ1) is 18.0. The third-order valence-electron chi connectivity index (χ3n) is 5.07. The van der Waals surface area contributed by atoms with E-state index in [9.17, 15) is 17.1 Å². The van der Waals surface area contributed by atoms with Crippen molar-refractivity contribution in [2.75, 3.05) is 11.9 Å². The topological polar surface area (TPSA) is 84.5 Å². The molecule has 2 fully saturated rings. The van der Waals surface area contributed by atoms with Crippen molar-refractivity contribution in [3.8, 4) is 5.75 Å². The van der Waals surface area contributed by atoms with E-state index in [1.807, 2.05) is 0 Å². The zero-order chi connectivity index (χ0) is 17.9. The highest BCUT2D eigenvalue weighted by atomic mass is 32.3. The van der Waals surface area contributed by atoms with Crippen molar-refractivity contribution < 1.29 is 21.3 Å². The predicted molar refractivity (Wildman–Crippen MR) is 92.3 cm³/mol. The molecule has 8 heteroatoms. The van der Waals surface area contributed by atoms with Crippen LogP contribution in [0.2, 0.25) is 0 Å². The SMILES string of the molecule is O=C(NC[C@@H]1C[C@H]1C1CCCCC1)Nc1ccc(OS(=O)(=O)F)cc1. The van der Waals surface area contributed by atoms with E-state index in [0.29, 0.717) is 18.2 Å². The van der Waals surface area contributed by atoms with Gasteiger partial charge in [0.25, 0.3) is 0 Å². The molecule has 2 atom stereocenters. The lowest BCUT2D eigenvalue weighted by Gasteiger charge is -2.21. The minimum Gasteiger partial charge on any atom is -0.358 e. The summed E-state index contributed by atoms with van der Waals surface area (Å²) in [7, 11) is -5.04. The van der Waals surface area contributed by atoms with Gasteiger partial charge >= 0.3 is 16.5 Å². The van der Waals surface area contributed by atoms with Gasteiger partial charge in [0.2, 0.25) is 0 Å². The molecule has 2 aliphatic rings. The fraction of sp³-hybridized carbons (Fsp3) is 0.588. The molecule has 0 radical (unpaired) electrons. The molecule has 0 aromatic heterocycles. The zero-order valence-electron chi connectivity index (χ0n) is 13.9. The smallest absolute Gasteiger partial charge is 0.358 e. The number of nitrogens with one attached hydrogen (secondary N) is 2. The number of benzene rings is 1. The molecular weight excluding hydrogens is 347 g/mol. The summed E-state index contributed by atoms with van der Waals surface area (Å²) in [6, 6.07) is 5.13. The van der Waals surface area contributed by atoms with Crippen LogP contribution < -0.4 is 14.8 Å². The Bertz CT molecular complexity index is 702. The summed E-state index contributed by atoms with van der Waals surface area (Å²) >= 11 is 0. The molecule has 0 spiro atoms. The van der Waals surface area contributed by atoms with Crippen LogP contribution in [0.4, 0.5) is 14.4 Å². The first-order valence-electron chi connectivity index (χ1n) is 8.70. The molecule has 2 N–H and O–H groups in total. The van der Waals surface area contributed by atoms with Crippen molar-refractivity contribution in [1.82, 2.24) is 5.32 Å². The number of carbonyl (C=O) groups is 1. The summed E-state index contributed by atoms with van der Waals surface area (Å²) in [5, 5.41) is 5.54. The lowest BCUT2D eigenvalue weighted by atomic mass is 9.85. The van der Waals surface area contributed by atoms with Crippen LogP contribution in [-0.4, -0.2) is 21.0 Å². The third kappa shape index (κ3) is 5.59. The molecule has 6 nitrogen and oxygen atoms in total. The average molecular weight is 370 g/mol. The van der Waals surface area contributed by atoms with E-state index >= 15 is 0 Å². The Labute approximate surface area is 147 Å². The van der Waals surface area contributed by atoms with Gasteiger partial charge in [0.05, 0.1) is 0 Å². The molecule has 138 valence electrons. The average Bonchev–Trinajstić information content (AvgIpc) is 3.34. The Morgan fingerprint density at radius 1 is 1.16 bits per heavy atom. The summed E-state index contributed by atoms with van der Waals surface area (Å²) in [6.07, 6.45) is 7.90. The number of carbonyl (C=O) groups excluding carboxylic acids is 1. The molecule has 0 bridgehead atoms. The van der Waals surface area contributed by atoms with E-state index in [2.05, 4.69) is 14.8 Å². The number of rotatable bonds is 6. The fourth-order valence-corrected chi connectivity index (χ4v) is 4.09. The highest BCUT2D eigenvalue weighted by molar-refractivity contribution is 7.81. The lowest BCUT2D eigenvalue weighted by molar-refractivity contribution is 0.250.